The fraction of sp³-hybridized carbons (Fsp3) is 0.455. The van der Waals surface area contributed by atoms with Gasteiger partial charge in [-0.1, -0.05) is 31.2 Å². The number of fused-ring (bicyclic) bond motifs is 2. The Morgan fingerprint density at radius 1 is 1.10 bits per heavy atom. The smallest absolute Gasteiger partial charge is 0.168 e. The SMILES string of the molecule is CCc1ccc(Cc2cc3c(cc2F)CO[C@]32S[C@H](CO)[C@@H](O)[C@H](O)[C@H]2O)cc1. The summed E-state index contributed by atoms with van der Waals surface area (Å²) in [5.74, 6) is -0.349. The summed E-state index contributed by atoms with van der Waals surface area (Å²) in [4.78, 5) is -1.35. The lowest BCUT2D eigenvalue weighted by Gasteiger charge is -2.45. The number of rotatable bonds is 4. The van der Waals surface area contributed by atoms with Crippen LogP contribution in [-0.4, -0.2) is 50.6 Å². The summed E-state index contributed by atoms with van der Waals surface area (Å²) in [6.45, 7) is 1.78. The van der Waals surface area contributed by atoms with Crippen LogP contribution >= 0.6 is 11.8 Å². The molecule has 0 aromatic heterocycles. The topological polar surface area (TPSA) is 90.2 Å². The predicted molar refractivity (Wildman–Crippen MR) is 108 cm³/mol. The fourth-order valence-corrected chi connectivity index (χ4v) is 5.64. The van der Waals surface area contributed by atoms with Gasteiger partial charge in [-0.25, -0.2) is 4.39 Å². The maximum absolute atomic E-state index is 14.8. The molecule has 0 saturated carbocycles. The molecule has 5 nitrogen and oxygen atoms in total. The predicted octanol–water partition coefficient (Wildman–Crippen LogP) is 1.85. The standard InChI is InChI=1S/C22H25FO5S/c1-2-12-3-5-13(6-4-12)7-14-8-16-15(9-17(14)23)11-28-22(16)21(27)20(26)19(25)18(10-24)29-22/h3-6,8-9,18-21,24-27H,2,7,10-11H2,1H3/t18-,19-,20+,21-,22+/m1/s1. The van der Waals surface area contributed by atoms with E-state index in [4.69, 9.17) is 4.74 Å². The Kier molecular flexibility index (Phi) is 5.72. The zero-order chi connectivity index (χ0) is 20.8. The van der Waals surface area contributed by atoms with Crippen LogP contribution in [0.2, 0.25) is 0 Å². The van der Waals surface area contributed by atoms with E-state index in [1.807, 2.05) is 24.3 Å². The molecule has 0 unspecified atom stereocenters. The summed E-state index contributed by atoms with van der Waals surface area (Å²) in [6.07, 6.45) is -2.85. The van der Waals surface area contributed by atoms with Crippen LogP contribution in [0.5, 0.6) is 0 Å². The van der Waals surface area contributed by atoms with Gasteiger partial charge in [-0.05, 0) is 40.8 Å². The summed E-state index contributed by atoms with van der Waals surface area (Å²) >= 11 is 1.08. The summed E-state index contributed by atoms with van der Waals surface area (Å²) in [7, 11) is 0. The molecule has 0 amide bonds. The van der Waals surface area contributed by atoms with Crippen LogP contribution in [0.25, 0.3) is 0 Å². The first-order chi connectivity index (χ1) is 13.9. The Morgan fingerprint density at radius 3 is 2.45 bits per heavy atom. The Labute approximate surface area is 173 Å². The lowest BCUT2D eigenvalue weighted by atomic mass is 9.91. The van der Waals surface area contributed by atoms with E-state index in [-0.39, 0.29) is 19.0 Å². The number of halogens is 1. The molecule has 0 aliphatic carbocycles. The Hall–Kier alpha value is -1.48. The Morgan fingerprint density at radius 2 is 1.79 bits per heavy atom. The molecule has 4 rings (SSSR count). The third-order valence-corrected chi connectivity index (χ3v) is 7.53. The van der Waals surface area contributed by atoms with Gasteiger partial charge in [-0.3, -0.25) is 0 Å². The minimum atomic E-state index is -1.48. The molecule has 1 spiro atoms. The van der Waals surface area contributed by atoms with Gasteiger partial charge in [0.15, 0.2) is 4.93 Å². The van der Waals surface area contributed by atoms with Crippen LogP contribution in [0, 0.1) is 5.82 Å². The van der Waals surface area contributed by atoms with Crippen LogP contribution in [0.15, 0.2) is 36.4 Å². The van der Waals surface area contributed by atoms with E-state index in [1.54, 1.807) is 6.07 Å². The largest absolute Gasteiger partial charge is 0.395 e. The van der Waals surface area contributed by atoms with E-state index in [0.29, 0.717) is 23.1 Å². The summed E-state index contributed by atoms with van der Waals surface area (Å²) in [6, 6.07) is 11.1. The minimum Gasteiger partial charge on any atom is -0.395 e. The monoisotopic (exact) mass is 420 g/mol. The van der Waals surface area contributed by atoms with Gasteiger partial charge in [0.2, 0.25) is 0 Å². The zero-order valence-corrected chi connectivity index (χ0v) is 16.9. The minimum absolute atomic E-state index is 0.0861. The second-order valence-corrected chi connectivity index (χ2v) is 9.12. The number of ether oxygens (including phenoxy) is 1. The summed E-state index contributed by atoms with van der Waals surface area (Å²) in [5.41, 5.74) is 3.82. The first-order valence-corrected chi connectivity index (χ1v) is 10.6. The third-order valence-electron chi connectivity index (χ3n) is 5.87. The van der Waals surface area contributed by atoms with Gasteiger partial charge < -0.3 is 25.2 Å². The number of aryl methyl sites for hydroxylation is 1. The van der Waals surface area contributed by atoms with Gasteiger partial charge in [-0.15, -0.1) is 11.8 Å². The van der Waals surface area contributed by atoms with Crippen molar-refractivity contribution < 1.29 is 29.6 Å². The molecular weight excluding hydrogens is 395 g/mol. The van der Waals surface area contributed by atoms with Crippen molar-refractivity contribution in [2.75, 3.05) is 6.61 Å². The fourth-order valence-electron chi connectivity index (χ4n) is 4.10. The van der Waals surface area contributed by atoms with Crippen molar-refractivity contribution in [1.82, 2.24) is 0 Å². The second kappa shape index (κ2) is 7.98. The van der Waals surface area contributed by atoms with Gasteiger partial charge in [0, 0.05) is 12.0 Å². The molecule has 7 heteroatoms. The number of aliphatic hydroxyl groups is 4. The first kappa shape index (κ1) is 20.8. The molecule has 1 saturated heterocycles. The Bertz CT molecular complexity index is 888. The maximum atomic E-state index is 14.8. The molecule has 4 N–H and O–H groups in total. The third kappa shape index (κ3) is 3.50. The maximum Gasteiger partial charge on any atom is 0.168 e. The van der Waals surface area contributed by atoms with Crippen molar-refractivity contribution in [3.05, 3.63) is 70.0 Å². The average Bonchev–Trinajstić information content (AvgIpc) is 3.08. The first-order valence-electron chi connectivity index (χ1n) is 9.76. The van der Waals surface area contributed by atoms with E-state index in [0.717, 1.165) is 23.7 Å². The average molecular weight is 421 g/mol. The van der Waals surface area contributed by atoms with Crippen molar-refractivity contribution in [2.45, 2.75) is 54.9 Å². The van der Waals surface area contributed by atoms with Crippen LogP contribution < -0.4 is 0 Å². The van der Waals surface area contributed by atoms with Crippen molar-refractivity contribution in [3.63, 3.8) is 0 Å². The molecule has 2 aliphatic heterocycles. The van der Waals surface area contributed by atoms with Crippen molar-refractivity contribution >= 4 is 11.8 Å². The molecule has 2 aromatic rings. The number of thioether (sulfide) groups is 1. The van der Waals surface area contributed by atoms with Crippen LogP contribution in [-0.2, 0) is 29.1 Å². The van der Waals surface area contributed by atoms with Crippen LogP contribution in [0.1, 0.15) is 34.7 Å². The summed E-state index contributed by atoms with van der Waals surface area (Å²) in [5, 5.41) is 40.1. The Balaban J connectivity index is 1.71. The molecule has 1 fully saturated rings. The normalized spacial score (nSPS) is 31.2. The van der Waals surface area contributed by atoms with Gasteiger partial charge in [0.1, 0.15) is 18.0 Å². The lowest BCUT2D eigenvalue weighted by Crippen LogP contribution is -2.58. The van der Waals surface area contributed by atoms with Crippen molar-refractivity contribution in [3.8, 4) is 0 Å². The molecule has 0 radical (unpaired) electrons. The van der Waals surface area contributed by atoms with Gasteiger partial charge in [-0.2, -0.15) is 0 Å². The highest BCUT2D eigenvalue weighted by Gasteiger charge is 2.57. The molecule has 2 heterocycles. The van der Waals surface area contributed by atoms with E-state index in [9.17, 15) is 24.8 Å². The highest BCUT2D eigenvalue weighted by molar-refractivity contribution is 8.00. The molecule has 2 aromatic carbocycles. The van der Waals surface area contributed by atoms with E-state index in [2.05, 4.69) is 6.92 Å². The van der Waals surface area contributed by atoms with Crippen LogP contribution in [0.3, 0.4) is 0 Å². The van der Waals surface area contributed by atoms with E-state index >= 15 is 0 Å². The number of hydrogen-bond donors (Lipinski definition) is 4. The highest BCUT2D eigenvalue weighted by Crippen LogP contribution is 2.54. The van der Waals surface area contributed by atoms with Crippen molar-refractivity contribution in [1.29, 1.82) is 0 Å². The van der Waals surface area contributed by atoms with Crippen LogP contribution in [0.4, 0.5) is 4.39 Å². The van der Waals surface area contributed by atoms with Gasteiger partial charge in [0.25, 0.3) is 0 Å². The second-order valence-electron chi connectivity index (χ2n) is 7.67. The van der Waals surface area contributed by atoms with Gasteiger partial charge >= 0.3 is 0 Å². The number of hydrogen-bond acceptors (Lipinski definition) is 6. The molecule has 5 atom stereocenters. The molecule has 29 heavy (non-hydrogen) atoms. The van der Waals surface area contributed by atoms with E-state index in [1.165, 1.54) is 11.6 Å². The highest BCUT2D eigenvalue weighted by atomic mass is 32.2. The molecule has 2 aliphatic rings. The van der Waals surface area contributed by atoms with Gasteiger partial charge in [0.05, 0.1) is 24.6 Å². The molecule has 156 valence electrons. The number of benzene rings is 2. The summed E-state index contributed by atoms with van der Waals surface area (Å²) < 4.78 is 20.6. The quantitative estimate of drug-likeness (QED) is 0.604. The van der Waals surface area contributed by atoms with E-state index < -0.39 is 28.5 Å². The van der Waals surface area contributed by atoms with Crippen molar-refractivity contribution in [2.24, 2.45) is 0 Å². The molecular formula is C22H25FO5S. The zero-order valence-electron chi connectivity index (χ0n) is 16.1. The lowest BCUT2D eigenvalue weighted by molar-refractivity contribution is -0.147. The molecule has 0 bridgehead atoms. The number of aliphatic hydroxyl groups excluding tert-OH is 4.